The van der Waals surface area contributed by atoms with Crippen molar-refractivity contribution in [2.24, 2.45) is 0 Å². The number of nitrogens with zero attached hydrogens (tertiary/aromatic N) is 3. The number of carbonyl (C=O) groups excluding carboxylic acids is 1. The van der Waals surface area contributed by atoms with Crippen molar-refractivity contribution >= 4 is 17.3 Å². The number of benzene rings is 1. The smallest absolute Gasteiger partial charge is 0.288 e. The van der Waals surface area contributed by atoms with Crippen LogP contribution in [0.5, 0.6) is 11.6 Å². The number of hydrogen-bond donors (Lipinski definition) is 0. The lowest BCUT2D eigenvalue weighted by molar-refractivity contribution is -0.385. The fourth-order valence-electron chi connectivity index (χ4n) is 1.99. The Labute approximate surface area is 113 Å². The van der Waals surface area contributed by atoms with Gasteiger partial charge in [-0.25, -0.2) is 4.98 Å². The van der Waals surface area contributed by atoms with E-state index in [1.807, 2.05) is 0 Å². The first kappa shape index (κ1) is 12.1. The molecule has 7 nitrogen and oxygen atoms in total. The third kappa shape index (κ3) is 1.76. The van der Waals surface area contributed by atoms with Crippen LogP contribution in [0.3, 0.4) is 0 Å². The highest BCUT2D eigenvalue weighted by atomic mass is 16.6. The molecule has 0 unspecified atom stereocenters. The molecule has 0 atom stereocenters. The van der Waals surface area contributed by atoms with Gasteiger partial charge in [-0.2, -0.15) is 0 Å². The fourth-order valence-corrected chi connectivity index (χ4v) is 1.99. The summed E-state index contributed by atoms with van der Waals surface area (Å²) in [5, 5.41) is 10.8. The van der Waals surface area contributed by atoms with Crippen molar-refractivity contribution in [3.8, 4) is 11.6 Å². The Morgan fingerprint density at radius 1 is 1.35 bits per heavy atom. The van der Waals surface area contributed by atoms with Crippen molar-refractivity contribution in [1.82, 2.24) is 4.98 Å². The van der Waals surface area contributed by atoms with E-state index >= 15 is 0 Å². The fraction of sp³-hybridized carbons (Fsp3) is 0.0769. The predicted octanol–water partition coefficient (Wildman–Crippen LogP) is 2.37. The molecule has 1 aliphatic heterocycles. The summed E-state index contributed by atoms with van der Waals surface area (Å²) in [4.78, 5) is 27.8. The molecule has 20 heavy (non-hydrogen) atoms. The van der Waals surface area contributed by atoms with E-state index in [4.69, 9.17) is 4.74 Å². The van der Waals surface area contributed by atoms with Crippen molar-refractivity contribution in [2.45, 2.75) is 0 Å². The SMILES string of the molecule is CN1C(=O)c2cc([N+](=O)[O-])cnc2Oc2ccccc21. The highest BCUT2D eigenvalue weighted by Crippen LogP contribution is 2.37. The van der Waals surface area contributed by atoms with Gasteiger partial charge in [0.1, 0.15) is 11.8 Å². The zero-order valence-corrected chi connectivity index (χ0v) is 10.4. The van der Waals surface area contributed by atoms with Crippen molar-refractivity contribution in [1.29, 1.82) is 0 Å². The Morgan fingerprint density at radius 2 is 2.10 bits per heavy atom. The number of carbonyl (C=O) groups is 1. The maximum atomic E-state index is 12.4. The van der Waals surface area contributed by atoms with Gasteiger partial charge < -0.3 is 9.64 Å². The minimum Gasteiger partial charge on any atom is -0.436 e. The summed E-state index contributed by atoms with van der Waals surface area (Å²) in [7, 11) is 1.58. The molecular weight excluding hydrogens is 262 g/mol. The summed E-state index contributed by atoms with van der Waals surface area (Å²) in [6.07, 6.45) is 1.07. The van der Waals surface area contributed by atoms with E-state index in [0.29, 0.717) is 11.4 Å². The normalized spacial score (nSPS) is 13.1. The maximum Gasteiger partial charge on any atom is 0.288 e. The second-order valence-electron chi connectivity index (χ2n) is 4.24. The van der Waals surface area contributed by atoms with Gasteiger partial charge in [-0.15, -0.1) is 0 Å². The number of ether oxygens (including phenoxy) is 1. The van der Waals surface area contributed by atoms with Gasteiger partial charge in [0.2, 0.25) is 5.88 Å². The first-order valence-corrected chi connectivity index (χ1v) is 5.77. The molecule has 1 amide bonds. The van der Waals surface area contributed by atoms with Gasteiger partial charge in [0, 0.05) is 13.1 Å². The summed E-state index contributed by atoms with van der Waals surface area (Å²) in [6.45, 7) is 0. The van der Waals surface area contributed by atoms with Gasteiger partial charge in [0.25, 0.3) is 11.6 Å². The first-order chi connectivity index (χ1) is 9.58. The lowest BCUT2D eigenvalue weighted by atomic mass is 10.2. The molecule has 0 bridgehead atoms. The third-order valence-electron chi connectivity index (χ3n) is 3.02. The minimum absolute atomic E-state index is 0.0670. The number of pyridine rings is 1. The monoisotopic (exact) mass is 271 g/mol. The number of amides is 1. The molecule has 0 fully saturated rings. The molecule has 1 aromatic carbocycles. The molecule has 2 aromatic rings. The van der Waals surface area contributed by atoms with E-state index < -0.39 is 10.8 Å². The number of rotatable bonds is 1. The lowest BCUT2D eigenvalue weighted by Gasteiger charge is -2.15. The summed E-state index contributed by atoms with van der Waals surface area (Å²) >= 11 is 0. The van der Waals surface area contributed by atoms with Gasteiger partial charge in [0.15, 0.2) is 5.75 Å². The van der Waals surface area contributed by atoms with Crippen LogP contribution < -0.4 is 9.64 Å². The first-order valence-electron chi connectivity index (χ1n) is 5.77. The second-order valence-corrected chi connectivity index (χ2v) is 4.24. The van der Waals surface area contributed by atoms with E-state index in [1.165, 1.54) is 11.0 Å². The van der Waals surface area contributed by atoms with Gasteiger partial charge >= 0.3 is 0 Å². The number of nitro groups is 1. The molecule has 2 heterocycles. The Bertz CT molecular complexity index is 729. The average Bonchev–Trinajstić information content (AvgIpc) is 2.55. The Hall–Kier alpha value is -2.96. The Balaban J connectivity index is 2.19. The Kier molecular flexibility index (Phi) is 2.60. The molecule has 0 radical (unpaired) electrons. The molecule has 0 saturated carbocycles. The standard InChI is InChI=1S/C13H9N3O4/c1-15-10-4-2-3-5-11(10)20-12-9(13(15)17)6-8(7-14-12)16(18)19/h2-7H,1H3. The summed E-state index contributed by atoms with van der Waals surface area (Å²) in [6, 6.07) is 8.16. The highest BCUT2D eigenvalue weighted by molar-refractivity contribution is 6.09. The number of para-hydroxylation sites is 2. The maximum absolute atomic E-state index is 12.4. The molecular formula is C13H9N3O4. The van der Waals surface area contributed by atoms with Crippen LogP contribution in [0.4, 0.5) is 11.4 Å². The van der Waals surface area contributed by atoms with Crippen LogP contribution in [-0.2, 0) is 0 Å². The van der Waals surface area contributed by atoms with Gasteiger partial charge in [-0.3, -0.25) is 14.9 Å². The van der Waals surface area contributed by atoms with Crippen LogP contribution in [-0.4, -0.2) is 22.9 Å². The number of aromatic nitrogens is 1. The summed E-state index contributed by atoms with van der Waals surface area (Å²) in [5.74, 6) is 0.141. The van der Waals surface area contributed by atoms with Crippen molar-refractivity contribution in [2.75, 3.05) is 11.9 Å². The predicted molar refractivity (Wildman–Crippen MR) is 70.1 cm³/mol. The highest BCUT2D eigenvalue weighted by Gasteiger charge is 2.28. The van der Waals surface area contributed by atoms with E-state index in [1.54, 1.807) is 31.3 Å². The second kappa shape index (κ2) is 4.30. The zero-order chi connectivity index (χ0) is 14.3. The molecule has 100 valence electrons. The van der Waals surface area contributed by atoms with Gasteiger partial charge in [-0.1, -0.05) is 12.1 Å². The van der Waals surface area contributed by atoms with Crippen molar-refractivity contribution < 1.29 is 14.5 Å². The van der Waals surface area contributed by atoms with Crippen LogP contribution in [0.2, 0.25) is 0 Å². The van der Waals surface area contributed by atoms with E-state index in [-0.39, 0.29) is 17.1 Å². The lowest BCUT2D eigenvalue weighted by Crippen LogP contribution is -2.25. The van der Waals surface area contributed by atoms with Gasteiger partial charge in [-0.05, 0) is 12.1 Å². The van der Waals surface area contributed by atoms with Crippen LogP contribution in [0.1, 0.15) is 10.4 Å². The number of fused-ring (bicyclic) bond motifs is 2. The quantitative estimate of drug-likeness (QED) is 0.587. The van der Waals surface area contributed by atoms with E-state index in [2.05, 4.69) is 4.98 Å². The molecule has 0 N–H and O–H groups in total. The zero-order valence-electron chi connectivity index (χ0n) is 10.4. The third-order valence-corrected chi connectivity index (χ3v) is 3.02. The van der Waals surface area contributed by atoms with E-state index in [0.717, 1.165) is 6.20 Å². The van der Waals surface area contributed by atoms with E-state index in [9.17, 15) is 14.9 Å². The molecule has 1 aromatic heterocycles. The largest absolute Gasteiger partial charge is 0.436 e. The summed E-state index contributed by atoms with van der Waals surface area (Å²) < 4.78 is 5.58. The average molecular weight is 271 g/mol. The minimum atomic E-state index is -0.599. The topological polar surface area (TPSA) is 85.6 Å². The summed E-state index contributed by atoms with van der Waals surface area (Å²) in [5.41, 5.74) is 0.399. The molecule has 0 spiro atoms. The molecule has 7 heteroatoms. The van der Waals surface area contributed by atoms with Crippen LogP contribution in [0.25, 0.3) is 0 Å². The number of hydrogen-bond acceptors (Lipinski definition) is 5. The van der Waals surface area contributed by atoms with Crippen LogP contribution in [0, 0.1) is 10.1 Å². The van der Waals surface area contributed by atoms with Crippen LogP contribution >= 0.6 is 0 Å². The van der Waals surface area contributed by atoms with Crippen molar-refractivity contribution in [3.63, 3.8) is 0 Å². The van der Waals surface area contributed by atoms with Crippen LogP contribution in [0.15, 0.2) is 36.5 Å². The molecule has 1 aliphatic rings. The molecule has 0 aliphatic carbocycles. The molecule has 0 saturated heterocycles. The van der Waals surface area contributed by atoms with Crippen molar-refractivity contribution in [3.05, 3.63) is 52.2 Å². The molecule has 3 rings (SSSR count). The van der Waals surface area contributed by atoms with Gasteiger partial charge in [0.05, 0.1) is 10.6 Å². The Morgan fingerprint density at radius 3 is 2.85 bits per heavy atom. The number of anilines is 1.